The van der Waals surface area contributed by atoms with Crippen LogP contribution in [0.25, 0.3) is 0 Å². The monoisotopic (exact) mass is 762 g/mol. The third kappa shape index (κ3) is 41.1. The molecule has 2 unspecified atom stereocenters. The molecule has 308 valence electrons. The first-order valence-corrected chi connectivity index (χ1v) is 23.6. The van der Waals surface area contributed by atoms with E-state index >= 15 is 0 Å². The standard InChI is InChI=1S/C46H83NO5S/c1-3-5-7-9-11-13-15-17-19-21-23-24-25-27-29-31-33-35-37-39-41-45(48)44(43-53(50,51)52)47-46(49)42-40-38-36-34-32-30-28-26-22-20-18-16-14-12-10-8-6-4-2/h14,16,20,22,24-25,31,33,39,41,44-45,48H,3-13,15,17-19,21,23,26-30,32,34-38,40,42-43H2,1-2H3,(H,47,49)(H,50,51,52)/b16-14-,22-20-,25-24+,33-31+,41-39+. The van der Waals surface area contributed by atoms with Gasteiger partial charge in [0.1, 0.15) is 0 Å². The fourth-order valence-corrected chi connectivity index (χ4v) is 7.07. The molecule has 0 aromatic heterocycles. The van der Waals surface area contributed by atoms with Crippen molar-refractivity contribution in [3.8, 4) is 0 Å². The van der Waals surface area contributed by atoms with Crippen molar-refractivity contribution in [2.24, 2.45) is 0 Å². The number of hydrogen-bond donors (Lipinski definition) is 3. The van der Waals surface area contributed by atoms with Gasteiger partial charge in [-0.25, -0.2) is 0 Å². The van der Waals surface area contributed by atoms with Gasteiger partial charge in [-0.15, -0.1) is 0 Å². The first kappa shape index (κ1) is 51.0. The van der Waals surface area contributed by atoms with E-state index < -0.39 is 28.0 Å². The zero-order valence-corrected chi connectivity index (χ0v) is 35.2. The van der Waals surface area contributed by atoms with E-state index in [0.717, 1.165) is 51.4 Å². The number of allylic oxidation sites excluding steroid dienone is 9. The molecule has 0 heterocycles. The third-order valence-electron chi connectivity index (χ3n) is 9.64. The smallest absolute Gasteiger partial charge is 0.267 e. The number of hydrogen-bond acceptors (Lipinski definition) is 4. The predicted octanol–water partition coefficient (Wildman–Crippen LogP) is 13.2. The second-order valence-electron chi connectivity index (χ2n) is 15.0. The van der Waals surface area contributed by atoms with Crippen molar-refractivity contribution in [3.63, 3.8) is 0 Å². The van der Waals surface area contributed by atoms with Gasteiger partial charge in [0.05, 0.1) is 17.9 Å². The van der Waals surface area contributed by atoms with Crippen LogP contribution in [0, 0.1) is 0 Å². The quantitative estimate of drug-likeness (QED) is 0.0329. The van der Waals surface area contributed by atoms with Crippen LogP contribution in [0.15, 0.2) is 60.8 Å². The van der Waals surface area contributed by atoms with E-state index in [2.05, 4.69) is 67.8 Å². The van der Waals surface area contributed by atoms with Crippen molar-refractivity contribution < 1.29 is 22.9 Å². The average molecular weight is 762 g/mol. The molecule has 0 bridgehead atoms. The Labute approximate surface area is 328 Å². The zero-order chi connectivity index (χ0) is 38.9. The molecular formula is C46H83NO5S. The number of nitrogens with one attached hydrogen (secondary N) is 1. The summed E-state index contributed by atoms with van der Waals surface area (Å²) in [5.74, 6) is -1.02. The molecule has 53 heavy (non-hydrogen) atoms. The Kier molecular flexibility index (Phi) is 38.3. The van der Waals surface area contributed by atoms with E-state index in [-0.39, 0.29) is 12.3 Å². The van der Waals surface area contributed by atoms with E-state index in [1.165, 1.54) is 128 Å². The number of aliphatic hydroxyl groups excluding tert-OH is 1. The summed E-state index contributed by atoms with van der Waals surface area (Å²) in [6, 6.07) is -1.09. The molecule has 2 atom stereocenters. The SMILES string of the molecule is CCCCCC/C=C\C/C=C\CCCCCCCCCC(=O)NC(CS(=O)(=O)O)C(O)/C=C/CC/C=C/CC/C=C/CCCCCCCCCCCC. The normalized spacial score (nSPS) is 13.8. The highest BCUT2D eigenvalue weighted by atomic mass is 32.2. The lowest BCUT2D eigenvalue weighted by atomic mass is 10.1. The predicted molar refractivity (Wildman–Crippen MR) is 230 cm³/mol. The highest BCUT2D eigenvalue weighted by Crippen LogP contribution is 2.13. The van der Waals surface area contributed by atoms with E-state index in [1.54, 1.807) is 6.08 Å². The average Bonchev–Trinajstić information content (AvgIpc) is 3.12. The molecule has 0 aliphatic heterocycles. The van der Waals surface area contributed by atoms with E-state index in [1.807, 2.05) is 0 Å². The Morgan fingerprint density at radius 3 is 1.32 bits per heavy atom. The highest BCUT2D eigenvalue weighted by molar-refractivity contribution is 7.85. The van der Waals surface area contributed by atoms with Gasteiger partial charge in [-0.1, -0.05) is 184 Å². The van der Waals surface area contributed by atoms with Gasteiger partial charge in [0.25, 0.3) is 10.1 Å². The maximum atomic E-state index is 12.5. The topological polar surface area (TPSA) is 104 Å². The van der Waals surface area contributed by atoms with Gasteiger partial charge in [0.2, 0.25) is 5.91 Å². The maximum Gasteiger partial charge on any atom is 0.267 e. The van der Waals surface area contributed by atoms with Crippen LogP contribution in [-0.2, 0) is 14.9 Å². The van der Waals surface area contributed by atoms with Crippen LogP contribution in [0.1, 0.15) is 206 Å². The van der Waals surface area contributed by atoms with Crippen LogP contribution in [0.3, 0.4) is 0 Å². The molecule has 0 aromatic carbocycles. The summed E-state index contributed by atoms with van der Waals surface area (Å²) in [5.41, 5.74) is 0. The summed E-state index contributed by atoms with van der Waals surface area (Å²) in [6.45, 7) is 4.51. The molecule has 6 nitrogen and oxygen atoms in total. The van der Waals surface area contributed by atoms with Gasteiger partial charge < -0.3 is 10.4 Å². The van der Waals surface area contributed by atoms with Gasteiger partial charge in [0.15, 0.2) is 0 Å². The number of carbonyl (C=O) groups is 1. The van der Waals surface area contributed by atoms with Crippen LogP contribution < -0.4 is 5.32 Å². The number of unbranched alkanes of at least 4 members (excludes halogenated alkanes) is 23. The van der Waals surface area contributed by atoms with Crippen molar-refractivity contribution in [2.45, 2.75) is 219 Å². The molecule has 0 aliphatic carbocycles. The summed E-state index contributed by atoms with van der Waals surface area (Å²) in [7, 11) is -4.36. The van der Waals surface area contributed by atoms with Gasteiger partial charge in [-0.3, -0.25) is 9.35 Å². The molecule has 0 saturated heterocycles. The molecule has 0 aromatic rings. The van der Waals surface area contributed by atoms with Crippen LogP contribution in [0.2, 0.25) is 0 Å². The summed E-state index contributed by atoms with van der Waals surface area (Å²) in [4.78, 5) is 12.5. The third-order valence-corrected chi connectivity index (χ3v) is 10.4. The van der Waals surface area contributed by atoms with Crippen molar-refractivity contribution >= 4 is 16.0 Å². The first-order valence-electron chi connectivity index (χ1n) is 22.0. The lowest BCUT2D eigenvalue weighted by Gasteiger charge is -2.21. The minimum atomic E-state index is -4.36. The lowest BCUT2D eigenvalue weighted by Crippen LogP contribution is -2.46. The Morgan fingerprint density at radius 2 is 0.868 bits per heavy atom. The fourth-order valence-electron chi connectivity index (χ4n) is 6.33. The number of amides is 1. The van der Waals surface area contributed by atoms with Gasteiger partial charge in [-0.05, 0) is 77.0 Å². The van der Waals surface area contributed by atoms with Crippen LogP contribution >= 0.6 is 0 Å². The largest absolute Gasteiger partial charge is 0.387 e. The minimum absolute atomic E-state index is 0.273. The van der Waals surface area contributed by atoms with Crippen molar-refractivity contribution in [1.82, 2.24) is 5.32 Å². The maximum absolute atomic E-state index is 12.5. The number of rotatable bonds is 39. The van der Waals surface area contributed by atoms with Gasteiger partial charge in [-0.2, -0.15) is 8.42 Å². The number of carbonyl (C=O) groups excluding carboxylic acids is 1. The molecule has 0 spiro atoms. The molecule has 1 amide bonds. The number of aliphatic hydroxyl groups is 1. The molecular weight excluding hydrogens is 679 g/mol. The second-order valence-corrected chi connectivity index (χ2v) is 16.4. The van der Waals surface area contributed by atoms with Crippen molar-refractivity contribution in [2.75, 3.05) is 5.75 Å². The van der Waals surface area contributed by atoms with Crippen LogP contribution in [-0.4, -0.2) is 41.9 Å². The summed E-state index contributed by atoms with van der Waals surface area (Å²) in [6.07, 6.45) is 54.9. The van der Waals surface area contributed by atoms with E-state index in [0.29, 0.717) is 12.8 Å². The molecule has 0 saturated carbocycles. The lowest BCUT2D eigenvalue weighted by molar-refractivity contribution is -0.122. The summed E-state index contributed by atoms with van der Waals surface area (Å²) < 4.78 is 32.5. The molecule has 0 radical (unpaired) electrons. The molecule has 0 rings (SSSR count). The van der Waals surface area contributed by atoms with Crippen LogP contribution in [0.5, 0.6) is 0 Å². The van der Waals surface area contributed by atoms with Crippen molar-refractivity contribution in [3.05, 3.63) is 60.8 Å². The second kappa shape index (κ2) is 39.7. The fraction of sp³-hybridized carbons (Fsp3) is 0.761. The van der Waals surface area contributed by atoms with Gasteiger partial charge in [0, 0.05) is 6.42 Å². The molecule has 7 heteroatoms. The minimum Gasteiger partial charge on any atom is -0.387 e. The van der Waals surface area contributed by atoms with E-state index in [9.17, 15) is 22.9 Å². The zero-order valence-electron chi connectivity index (χ0n) is 34.4. The molecule has 3 N–H and O–H groups in total. The van der Waals surface area contributed by atoms with E-state index in [4.69, 9.17) is 0 Å². The molecule has 0 fully saturated rings. The van der Waals surface area contributed by atoms with Gasteiger partial charge >= 0.3 is 0 Å². The summed E-state index contributed by atoms with van der Waals surface area (Å²) >= 11 is 0. The Morgan fingerprint density at radius 1 is 0.509 bits per heavy atom. The van der Waals surface area contributed by atoms with Crippen molar-refractivity contribution in [1.29, 1.82) is 0 Å². The Balaban J connectivity index is 3.99. The highest BCUT2D eigenvalue weighted by Gasteiger charge is 2.24. The summed E-state index contributed by atoms with van der Waals surface area (Å²) in [5, 5.41) is 13.2. The molecule has 0 aliphatic rings. The van der Waals surface area contributed by atoms with Crippen LogP contribution in [0.4, 0.5) is 0 Å². The Bertz CT molecular complexity index is 1060. The Hall–Kier alpha value is -1.96. The first-order chi connectivity index (χ1) is 25.8.